The minimum atomic E-state index is -3.68. The number of amides is 1. The van der Waals surface area contributed by atoms with Crippen LogP contribution in [0.5, 0.6) is 0 Å². The Balaban J connectivity index is 1.46. The number of aryl methyl sites for hydroxylation is 1. The second-order valence-corrected chi connectivity index (χ2v) is 9.72. The van der Waals surface area contributed by atoms with E-state index in [0.29, 0.717) is 23.5 Å². The van der Waals surface area contributed by atoms with Crippen molar-refractivity contribution in [3.8, 4) is 0 Å². The normalized spacial score (nSPS) is 13.6. The summed E-state index contributed by atoms with van der Waals surface area (Å²) in [5.41, 5.74) is 2.70. The van der Waals surface area contributed by atoms with Crippen LogP contribution in [0.4, 0.5) is 11.4 Å². The summed E-state index contributed by atoms with van der Waals surface area (Å²) in [7, 11) is -3.68. The molecule has 1 aliphatic heterocycles. The smallest absolute Gasteiger partial charge is 0.264 e. The van der Waals surface area contributed by atoms with Crippen molar-refractivity contribution in [2.45, 2.75) is 17.7 Å². The largest absolute Gasteiger partial charge is 0.322 e. The summed E-state index contributed by atoms with van der Waals surface area (Å²) in [5, 5.41) is 4.98. The van der Waals surface area contributed by atoms with E-state index in [-0.39, 0.29) is 10.8 Å². The van der Waals surface area contributed by atoms with Gasteiger partial charge in [-0.25, -0.2) is 8.42 Å². The van der Waals surface area contributed by atoms with Gasteiger partial charge in [-0.2, -0.15) is 0 Å². The van der Waals surface area contributed by atoms with E-state index >= 15 is 0 Å². The second kappa shape index (κ2) is 8.13. The number of hydrogen-bond donors (Lipinski definition) is 1. The number of nitrogens with one attached hydrogen (secondary N) is 1. The van der Waals surface area contributed by atoms with Gasteiger partial charge in [0, 0.05) is 17.8 Å². The molecule has 0 saturated carbocycles. The molecule has 4 aromatic carbocycles. The first-order chi connectivity index (χ1) is 15.5. The highest BCUT2D eigenvalue weighted by Gasteiger charge is 2.29. The Hall–Kier alpha value is -3.64. The van der Waals surface area contributed by atoms with Gasteiger partial charge in [0.25, 0.3) is 15.9 Å². The van der Waals surface area contributed by atoms with Gasteiger partial charge in [0.15, 0.2) is 0 Å². The second-order valence-electron chi connectivity index (χ2n) is 7.85. The van der Waals surface area contributed by atoms with Crippen LogP contribution in [-0.2, 0) is 16.4 Å². The van der Waals surface area contributed by atoms with Crippen molar-refractivity contribution >= 4 is 38.1 Å². The van der Waals surface area contributed by atoms with Crippen LogP contribution < -0.4 is 9.62 Å². The average Bonchev–Trinajstić information content (AvgIpc) is 2.83. The van der Waals surface area contributed by atoms with Crippen molar-refractivity contribution in [1.82, 2.24) is 0 Å². The van der Waals surface area contributed by atoms with Crippen molar-refractivity contribution in [1.29, 1.82) is 0 Å². The minimum Gasteiger partial charge on any atom is -0.322 e. The van der Waals surface area contributed by atoms with E-state index in [1.54, 1.807) is 42.5 Å². The highest BCUT2D eigenvalue weighted by molar-refractivity contribution is 7.92. The molecule has 0 atom stereocenters. The number of carbonyl (C=O) groups excluding carboxylic acids is 1. The molecule has 0 bridgehead atoms. The lowest BCUT2D eigenvalue weighted by Gasteiger charge is -2.31. The number of anilines is 2. The predicted molar refractivity (Wildman–Crippen MR) is 128 cm³/mol. The number of hydrogen-bond acceptors (Lipinski definition) is 3. The highest BCUT2D eigenvalue weighted by atomic mass is 32.2. The minimum absolute atomic E-state index is 0.232. The van der Waals surface area contributed by atoms with E-state index in [1.807, 2.05) is 48.5 Å². The van der Waals surface area contributed by atoms with Crippen molar-refractivity contribution in [2.24, 2.45) is 0 Å². The Bertz CT molecular complexity index is 1420. The summed E-state index contributed by atoms with van der Waals surface area (Å²) >= 11 is 0. The van der Waals surface area contributed by atoms with Gasteiger partial charge in [0.1, 0.15) is 0 Å². The number of benzene rings is 4. The Kier molecular flexibility index (Phi) is 5.15. The van der Waals surface area contributed by atoms with E-state index < -0.39 is 10.0 Å². The fraction of sp³-hybridized carbons (Fsp3) is 0.115. The maximum Gasteiger partial charge on any atom is 0.264 e. The molecule has 1 heterocycles. The van der Waals surface area contributed by atoms with E-state index in [1.165, 1.54) is 4.31 Å². The maximum atomic E-state index is 13.3. The molecule has 0 aromatic heterocycles. The molecule has 0 unspecified atom stereocenters. The van der Waals surface area contributed by atoms with Gasteiger partial charge in [-0.3, -0.25) is 9.10 Å². The topological polar surface area (TPSA) is 66.5 Å². The number of rotatable bonds is 4. The Morgan fingerprint density at radius 3 is 2.38 bits per heavy atom. The number of fused-ring (bicyclic) bond motifs is 2. The van der Waals surface area contributed by atoms with E-state index in [0.717, 1.165) is 29.2 Å². The van der Waals surface area contributed by atoms with Crippen LogP contribution in [-0.4, -0.2) is 20.9 Å². The first-order valence-corrected chi connectivity index (χ1v) is 12.0. The standard InChI is InChI=1S/C26H22N2O3S/c29-26(22-13-12-19-7-4-5-8-21(19)17-22)27-23-15-14-20-9-6-16-28(25(20)18-23)32(30,31)24-10-2-1-3-11-24/h1-5,7-8,10-15,17-18H,6,9,16H2,(H,27,29). The molecule has 0 fully saturated rings. The molecule has 32 heavy (non-hydrogen) atoms. The zero-order chi connectivity index (χ0) is 22.1. The fourth-order valence-corrected chi connectivity index (χ4v) is 5.68. The number of carbonyl (C=O) groups is 1. The summed E-state index contributed by atoms with van der Waals surface area (Å²) in [5.74, 6) is -0.232. The van der Waals surface area contributed by atoms with Gasteiger partial charge >= 0.3 is 0 Å². The monoisotopic (exact) mass is 442 g/mol. The Morgan fingerprint density at radius 2 is 1.56 bits per heavy atom. The van der Waals surface area contributed by atoms with Gasteiger partial charge in [-0.15, -0.1) is 0 Å². The van der Waals surface area contributed by atoms with Crippen molar-refractivity contribution in [2.75, 3.05) is 16.2 Å². The molecule has 5 nitrogen and oxygen atoms in total. The predicted octanol–water partition coefficient (Wildman–Crippen LogP) is 5.23. The fourth-order valence-electron chi connectivity index (χ4n) is 4.12. The van der Waals surface area contributed by atoms with Crippen LogP contribution in [0.1, 0.15) is 22.3 Å². The van der Waals surface area contributed by atoms with Gasteiger partial charge < -0.3 is 5.32 Å². The molecule has 4 aromatic rings. The summed E-state index contributed by atoms with van der Waals surface area (Å²) in [6.45, 7) is 0.409. The molecule has 0 spiro atoms. The van der Waals surface area contributed by atoms with Crippen molar-refractivity contribution in [3.05, 3.63) is 102 Å². The lowest BCUT2D eigenvalue weighted by molar-refractivity contribution is 0.102. The van der Waals surface area contributed by atoms with E-state index in [4.69, 9.17) is 0 Å². The van der Waals surface area contributed by atoms with Gasteiger partial charge in [0.05, 0.1) is 10.6 Å². The molecule has 5 rings (SSSR count). The maximum absolute atomic E-state index is 13.3. The molecule has 6 heteroatoms. The lowest BCUT2D eigenvalue weighted by Crippen LogP contribution is -2.35. The zero-order valence-electron chi connectivity index (χ0n) is 17.4. The quantitative estimate of drug-likeness (QED) is 0.470. The molecule has 1 N–H and O–H groups in total. The summed E-state index contributed by atoms with van der Waals surface area (Å²) in [4.78, 5) is 13.1. The number of nitrogens with zero attached hydrogens (tertiary/aromatic N) is 1. The Labute approximate surface area is 187 Å². The van der Waals surface area contributed by atoms with E-state index in [9.17, 15) is 13.2 Å². The SMILES string of the molecule is O=C(Nc1ccc2c(c1)N(S(=O)(=O)c1ccccc1)CCC2)c1ccc2ccccc2c1. The molecule has 0 radical (unpaired) electrons. The third-order valence-corrected chi connectivity index (χ3v) is 7.59. The number of sulfonamides is 1. The zero-order valence-corrected chi connectivity index (χ0v) is 18.2. The third kappa shape index (κ3) is 3.74. The Morgan fingerprint density at radius 1 is 0.812 bits per heavy atom. The first kappa shape index (κ1) is 20.3. The molecular formula is C26H22N2O3S. The molecule has 160 valence electrons. The van der Waals surface area contributed by atoms with Gasteiger partial charge in [-0.1, -0.05) is 54.6 Å². The molecular weight excluding hydrogens is 420 g/mol. The van der Waals surface area contributed by atoms with Crippen LogP contribution in [0, 0.1) is 0 Å². The summed E-state index contributed by atoms with van der Waals surface area (Å²) in [6.07, 6.45) is 1.55. The van der Waals surface area contributed by atoms with E-state index in [2.05, 4.69) is 5.32 Å². The van der Waals surface area contributed by atoms with Crippen LogP contribution >= 0.6 is 0 Å². The van der Waals surface area contributed by atoms with Gasteiger partial charge in [0.2, 0.25) is 0 Å². The first-order valence-electron chi connectivity index (χ1n) is 10.5. The lowest BCUT2D eigenvalue weighted by atomic mass is 10.0. The highest BCUT2D eigenvalue weighted by Crippen LogP contribution is 2.34. The van der Waals surface area contributed by atoms with Crippen molar-refractivity contribution < 1.29 is 13.2 Å². The molecule has 1 amide bonds. The third-order valence-electron chi connectivity index (χ3n) is 5.76. The van der Waals surface area contributed by atoms with Crippen LogP contribution in [0.2, 0.25) is 0 Å². The van der Waals surface area contributed by atoms with Crippen LogP contribution in [0.25, 0.3) is 10.8 Å². The molecule has 1 aliphatic rings. The summed E-state index contributed by atoms with van der Waals surface area (Å²) < 4.78 is 28.0. The van der Waals surface area contributed by atoms with Gasteiger partial charge in [-0.05, 0) is 65.6 Å². The van der Waals surface area contributed by atoms with Crippen molar-refractivity contribution in [3.63, 3.8) is 0 Å². The van der Waals surface area contributed by atoms with Crippen LogP contribution in [0.3, 0.4) is 0 Å². The average molecular weight is 443 g/mol. The van der Waals surface area contributed by atoms with Crippen LogP contribution in [0.15, 0.2) is 95.9 Å². The molecule has 0 saturated heterocycles. The summed E-state index contributed by atoms with van der Waals surface area (Å²) in [6, 6.07) is 27.4. The molecule has 0 aliphatic carbocycles.